The Morgan fingerprint density at radius 1 is 0.806 bits per heavy atom. The second kappa shape index (κ2) is 10.2. The quantitative estimate of drug-likeness (QED) is 0.524. The predicted molar refractivity (Wildman–Crippen MR) is 142 cm³/mol. The minimum absolute atomic E-state index is 0.400. The third-order valence-electron chi connectivity index (χ3n) is 6.91. The van der Waals surface area contributed by atoms with Gasteiger partial charge in [0.15, 0.2) is 0 Å². The van der Waals surface area contributed by atoms with Gasteiger partial charge in [-0.2, -0.15) is 4.31 Å². The lowest BCUT2D eigenvalue weighted by Crippen LogP contribution is -2.49. The van der Waals surface area contributed by atoms with Crippen molar-refractivity contribution in [3.63, 3.8) is 0 Å². The Balaban J connectivity index is 1.28. The molecule has 2 aliphatic heterocycles. The third-order valence-corrected chi connectivity index (χ3v) is 9.11. The molecule has 3 heterocycles. The van der Waals surface area contributed by atoms with Gasteiger partial charge in [0.05, 0.1) is 23.8 Å². The number of benzene rings is 2. The Hall–Kier alpha value is -3.01. The molecule has 0 saturated carbocycles. The monoisotopic (exact) mass is 507 g/mol. The third kappa shape index (κ3) is 4.96. The lowest BCUT2D eigenvalue weighted by atomic mass is 10.1. The molecule has 36 heavy (non-hydrogen) atoms. The van der Waals surface area contributed by atoms with E-state index in [2.05, 4.69) is 39.0 Å². The summed E-state index contributed by atoms with van der Waals surface area (Å²) in [7, 11) is -3.56. The van der Waals surface area contributed by atoms with E-state index in [1.54, 1.807) is 10.5 Å². The zero-order valence-electron chi connectivity index (χ0n) is 21.1. The second-order valence-electron chi connectivity index (χ2n) is 9.51. The Kier molecular flexibility index (Phi) is 6.96. The van der Waals surface area contributed by atoms with E-state index in [4.69, 9.17) is 9.72 Å². The van der Waals surface area contributed by atoms with E-state index >= 15 is 0 Å². The van der Waals surface area contributed by atoms with Gasteiger partial charge in [0.25, 0.3) is 0 Å². The van der Waals surface area contributed by atoms with Crippen LogP contribution in [0.1, 0.15) is 16.7 Å². The maximum absolute atomic E-state index is 13.4. The van der Waals surface area contributed by atoms with Crippen LogP contribution < -0.4 is 9.80 Å². The number of ether oxygens (including phenoxy) is 1. The molecule has 9 heteroatoms. The van der Waals surface area contributed by atoms with E-state index in [9.17, 15) is 8.42 Å². The predicted octanol–water partition coefficient (Wildman–Crippen LogP) is 3.42. The molecule has 0 N–H and O–H groups in total. The molecular weight excluding hydrogens is 474 g/mol. The molecule has 0 amide bonds. The Morgan fingerprint density at radius 2 is 1.44 bits per heavy atom. The topological polar surface area (TPSA) is 78.9 Å². The molecule has 1 aromatic heterocycles. The molecule has 3 aromatic rings. The summed E-state index contributed by atoms with van der Waals surface area (Å²) in [6.45, 7) is 10.9. The van der Waals surface area contributed by atoms with E-state index in [0.717, 1.165) is 54.3 Å². The Bertz CT molecular complexity index is 1310. The van der Waals surface area contributed by atoms with E-state index in [-0.39, 0.29) is 0 Å². The van der Waals surface area contributed by atoms with E-state index in [0.29, 0.717) is 37.0 Å². The fourth-order valence-corrected chi connectivity index (χ4v) is 6.99. The molecule has 190 valence electrons. The van der Waals surface area contributed by atoms with Crippen molar-refractivity contribution in [2.45, 2.75) is 25.7 Å². The smallest absolute Gasteiger partial charge is 0.243 e. The standard InChI is InChI=1S/C27H33N5O3S/c1-20-18-21(2)26(22(3)19-20)36(33,34)32-12-10-31(11-13-32)27-28-9-8-25(29-27)23-4-6-24(7-5-23)30-14-16-35-17-15-30/h4-9,18-19H,10-17H2,1-3H3. The zero-order valence-corrected chi connectivity index (χ0v) is 22.0. The summed E-state index contributed by atoms with van der Waals surface area (Å²) < 4.78 is 33.9. The van der Waals surface area contributed by atoms with E-state index in [1.807, 2.05) is 39.0 Å². The average molecular weight is 508 g/mol. The lowest BCUT2D eigenvalue weighted by Gasteiger charge is -2.34. The van der Waals surface area contributed by atoms with E-state index < -0.39 is 10.0 Å². The summed E-state index contributed by atoms with van der Waals surface area (Å²) in [5, 5.41) is 0. The van der Waals surface area contributed by atoms with Gasteiger partial charge in [0.1, 0.15) is 0 Å². The number of hydrogen-bond donors (Lipinski definition) is 0. The molecule has 0 atom stereocenters. The molecule has 0 aliphatic carbocycles. The van der Waals surface area contributed by atoms with Crippen LogP contribution in [0, 0.1) is 20.8 Å². The number of hydrogen-bond acceptors (Lipinski definition) is 7. The van der Waals surface area contributed by atoms with Crippen LogP contribution in [0.2, 0.25) is 0 Å². The number of sulfonamides is 1. The first kappa shape index (κ1) is 24.7. The largest absolute Gasteiger partial charge is 0.378 e. The Morgan fingerprint density at radius 3 is 2.08 bits per heavy atom. The number of aromatic nitrogens is 2. The fraction of sp³-hybridized carbons (Fsp3) is 0.407. The first-order valence-corrected chi connectivity index (χ1v) is 13.9. The van der Waals surface area contributed by atoms with Crippen molar-refractivity contribution >= 4 is 21.7 Å². The van der Waals surface area contributed by atoms with Crippen LogP contribution in [0.4, 0.5) is 11.6 Å². The lowest BCUT2D eigenvalue weighted by molar-refractivity contribution is 0.122. The highest BCUT2D eigenvalue weighted by atomic mass is 32.2. The van der Waals surface area contributed by atoms with Gasteiger partial charge in [-0.15, -0.1) is 0 Å². The second-order valence-corrected chi connectivity index (χ2v) is 11.4. The van der Waals surface area contributed by atoms with Gasteiger partial charge < -0.3 is 14.5 Å². The molecule has 2 aliphatic rings. The molecule has 0 bridgehead atoms. The van der Waals surface area contributed by atoms with Gasteiger partial charge in [0, 0.05) is 56.7 Å². The summed E-state index contributed by atoms with van der Waals surface area (Å²) in [5.74, 6) is 0.629. The van der Waals surface area contributed by atoms with Crippen molar-refractivity contribution in [3.8, 4) is 11.3 Å². The molecule has 2 fully saturated rings. The average Bonchev–Trinajstić information content (AvgIpc) is 2.89. The van der Waals surface area contributed by atoms with Crippen molar-refractivity contribution in [2.75, 3.05) is 62.3 Å². The highest BCUT2D eigenvalue weighted by Gasteiger charge is 2.31. The zero-order chi connectivity index (χ0) is 25.3. The van der Waals surface area contributed by atoms with Crippen LogP contribution in [0.3, 0.4) is 0 Å². The van der Waals surface area contributed by atoms with Gasteiger partial charge in [-0.05, 0) is 50.1 Å². The highest BCUT2D eigenvalue weighted by molar-refractivity contribution is 7.89. The maximum Gasteiger partial charge on any atom is 0.243 e. The number of nitrogens with zero attached hydrogens (tertiary/aromatic N) is 5. The van der Waals surface area contributed by atoms with Crippen LogP contribution in [-0.4, -0.2) is 75.2 Å². The van der Waals surface area contributed by atoms with Crippen LogP contribution >= 0.6 is 0 Å². The van der Waals surface area contributed by atoms with E-state index in [1.165, 1.54) is 5.69 Å². The molecule has 2 aromatic carbocycles. The summed E-state index contributed by atoms with van der Waals surface area (Å²) in [6, 6.07) is 14.2. The summed E-state index contributed by atoms with van der Waals surface area (Å²) in [4.78, 5) is 14.1. The molecular formula is C27H33N5O3S. The van der Waals surface area contributed by atoms with Gasteiger partial charge >= 0.3 is 0 Å². The van der Waals surface area contributed by atoms with Gasteiger partial charge in [0.2, 0.25) is 16.0 Å². The van der Waals surface area contributed by atoms with Crippen molar-refractivity contribution in [2.24, 2.45) is 0 Å². The first-order valence-electron chi connectivity index (χ1n) is 12.4. The molecule has 5 rings (SSSR count). The van der Waals surface area contributed by atoms with Crippen molar-refractivity contribution < 1.29 is 13.2 Å². The molecule has 0 radical (unpaired) electrons. The molecule has 0 spiro atoms. The van der Waals surface area contributed by atoms with Crippen molar-refractivity contribution in [3.05, 3.63) is 65.4 Å². The SMILES string of the molecule is Cc1cc(C)c(S(=O)(=O)N2CCN(c3nccc(-c4ccc(N5CCOCC5)cc4)n3)CC2)c(C)c1. The van der Waals surface area contributed by atoms with Gasteiger partial charge in [-0.3, -0.25) is 0 Å². The van der Waals surface area contributed by atoms with Gasteiger partial charge in [-0.1, -0.05) is 29.8 Å². The van der Waals surface area contributed by atoms with Crippen molar-refractivity contribution in [1.82, 2.24) is 14.3 Å². The van der Waals surface area contributed by atoms with Crippen molar-refractivity contribution in [1.29, 1.82) is 0 Å². The minimum atomic E-state index is -3.56. The summed E-state index contributed by atoms with van der Waals surface area (Å²) in [6.07, 6.45) is 1.77. The first-order chi connectivity index (χ1) is 17.3. The fourth-order valence-electron chi connectivity index (χ4n) is 5.16. The number of anilines is 2. The summed E-state index contributed by atoms with van der Waals surface area (Å²) >= 11 is 0. The highest BCUT2D eigenvalue weighted by Crippen LogP contribution is 2.27. The number of rotatable bonds is 5. The maximum atomic E-state index is 13.4. The molecule has 0 unspecified atom stereocenters. The number of piperazine rings is 1. The number of aryl methyl sites for hydroxylation is 3. The Labute approximate surface area is 213 Å². The van der Waals surface area contributed by atoms with Crippen LogP contribution in [0.15, 0.2) is 53.6 Å². The van der Waals surface area contributed by atoms with Crippen LogP contribution in [-0.2, 0) is 14.8 Å². The summed E-state index contributed by atoms with van der Waals surface area (Å²) in [5.41, 5.74) is 5.74. The molecule has 8 nitrogen and oxygen atoms in total. The van der Waals surface area contributed by atoms with Crippen LogP contribution in [0.25, 0.3) is 11.3 Å². The number of morpholine rings is 1. The minimum Gasteiger partial charge on any atom is -0.378 e. The van der Waals surface area contributed by atoms with Crippen LogP contribution in [0.5, 0.6) is 0 Å². The molecule has 2 saturated heterocycles. The normalized spacial score (nSPS) is 17.4. The van der Waals surface area contributed by atoms with Gasteiger partial charge in [-0.25, -0.2) is 18.4 Å².